The van der Waals surface area contributed by atoms with Gasteiger partial charge in [-0.2, -0.15) is 5.48 Å². The molecule has 2 fully saturated rings. The quantitative estimate of drug-likeness (QED) is 0.566. The number of hydrogen-bond acceptors (Lipinski definition) is 3. The molecule has 0 spiro atoms. The number of rotatable bonds is 1. The number of ether oxygens (including phenoxy) is 1. The molecule has 2 bridgehead atoms. The molecule has 4 atom stereocenters. The Bertz CT molecular complexity index is 190. The topological polar surface area (TPSA) is 30.5 Å². The lowest BCUT2D eigenvalue weighted by Crippen LogP contribution is -2.50. The van der Waals surface area contributed by atoms with Crippen LogP contribution in [0.3, 0.4) is 0 Å². The Morgan fingerprint density at radius 2 is 2.42 bits per heavy atom. The Labute approximate surface area is 74.2 Å². The van der Waals surface area contributed by atoms with Crippen LogP contribution < -0.4 is 5.48 Å². The number of hydroxylamine groups is 1. The first-order valence-electron chi connectivity index (χ1n) is 4.49. The molecule has 0 amide bonds. The van der Waals surface area contributed by atoms with E-state index in [0.29, 0.717) is 5.92 Å². The molecular formula is C8H14BNO2. The lowest BCUT2D eigenvalue weighted by atomic mass is 9.80. The fraction of sp³-hybridized carbons (Fsp3) is 1.00. The van der Waals surface area contributed by atoms with E-state index in [1.807, 2.05) is 0 Å². The summed E-state index contributed by atoms with van der Waals surface area (Å²) in [6.45, 7) is 4.97. The zero-order valence-electron chi connectivity index (χ0n) is 7.54. The third kappa shape index (κ3) is 1.02. The SMILES string of the molecule is [B][C@@H]1O[C@@]2(C)CNO[C@H]1[C@H]2CC. The third-order valence-electron chi connectivity index (χ3n) is 2.99. The first-order chi connectivity index (χ1) is 5.67. The predicted molar refractivity (Wildman–Crippen MR) is 45.7 cm³/mol. The summed E-state index contributed by atoms with van der Waals surface area (Å²) in [5, 5.41) is 0. The summed E-state index contributed by atoms with van der Waals surface area (Å²) < 4.78 is 5.67. The molecule has 2 aliphatic rings. The Morgan fingerprint density at radius 3 is 2.92 bits per heavy atom. The maximum atomic E-state index is 5.78. The van der Waals surface area contributed by atoms with E-state index in [4.69, 9.17) is 17.4 Å². The smallest absolute Gasteiger partial charge is 0.112 e. The van der Waals surface area contributed by atoms with Crippen LogP contribution in [-0.2, 0) is 9.57 Å². The molecule has 2 aliphatic heterocycles. The van der Waals surface area contributed by atoms with Crippen molar-refractivity contribution in [1.29, 1.82) is 0 Å². The molecule has 2 heterocycles. The molecule has 0 aliphatic carbocycles. The van der Waals surface area contributed by atoms with Crippen LogP contribution in [0.15, 0.2) is 0 Å². The van der Waals surface area contributed by atoms with E-state index in [1.54, 1.807) is 0 Å². The van der Waals surface area contributed by atoms with Crippen LogP contribution in [0.25, 0.3) is 0 Å². The van der Waals surface area contributed by atoms with Crippen LogP contribution in [0.2, 0.25) is 0 Å². The van der Waals surface area contributed by atoms with Crippen LogP contribution in [0.1, 0.15) is 20.3 Å². The van der Waals surface area contributed by atoms with Gasteiger partial charge in [0.1, 0.15) is 14.0 Å². The molecule has 3 nitrogen and oxygen atoms in total. The normalized spacial score (nSPS) is 52.7. The molecule has 2 rings (SSSR count). The summed E-state index contributed by atoms with van der Waals surface area (Å²) in [7, 11) is 5.78. The van der Waals surface area contributed by atoms with E-state index in [9.17, 15) is 0 Å². The summed E-state index contributed by atoms with van der Waals surface area (Å²) >= 11 is 0. The van der Waals surface area contributed by atoms with E-state index < -0.39 is 0 Å². The van der Waals surface area contributed by atoms with E-state index in [2.05, 4.69) is 19.3 Å². The lowest BCUT2D eigenvalue weighted by Gasteiger charge is -2.35. The van der Waals surface area contributed by atoms with Gasteiger partial charge in [0.2, 0.25) is 0 Å². The minimum atomic E-state index is -0.269. The highest BCUT2D eigenvalue weighted by atomic mass is 16.7. The van der Waals surface area contributed by atoms with Gasteiger partial charge in [-0.15, -0.1) is 0 Å². The first kappa shape index (κ1) is 8.54. The van der Waals surface area contributed by atoms with Crippen molar-refractivity contribution in [3.05, 3.63) is 0 Å². The number of nitrogens with one attached hydrogen (secondary N) is 1. The number of hydrogen-bond donors (Lipinski definition) is 1. The van der Waals surface area contributed by atoms with Crippen molar-refractivity contribution in [1.82, 2.24) is 5.48 Å². The number of fused-ring (bicyclic) bond motifs is 2. The molecule has 2 saturated heterocycles. The Balaban J connectivity index is 2.23. The van der Waals surface area contributed by atoms with Gasteiger partial charge in [-0.3, -0.25) is 4.84 Å². The molecule has 0 aromatic heterocycles. The van der Waals surface area contributed by atoms with Gasteiger partial charge in [-0.1, -0.05) is 6.92 Å². The Kier molecular flexibility index (Phi) is 1.94. The molecular weight excluding hydrogens is 153 g/mol. The van der Waals surface area contributed by atoms with Crippen molar-refractivity contribution in [2.75, 3.05) is 6.54 Å². The van der Waals surface area contributed by atoms with Gasteiger partial charge in [-0.05, 0) is 13.3 Å². The van der Waals surface area contributed by atoms with Gasteiger partial charge in [0.05, 0.1) is 12.1 Å². The predicted octanol–water partition coefficient (Wildman–Crippen LogP) is 0.199. The molecule has 66 valence electrons. The van der Waals surface area contributed by atoms with Crippen LogP contribution >= 0.6 is 0 Å². The second-order valence-electron chi connectivity index (χ2n) is 3.81. The average molecular weight is 167 g/mol. The first-order valence-corrected chi connectivity index (χ1v) is 4.49. The standard InChI is InChI=1S/C8H14BNO2/c1-3-5-6-7(9)11-8(5,2)4-10-12-6/h5-7,10H,3-4H2,1-2H3/t5-,6+,7-,8+/m1/s1. The molecule has 0 aromatic carbocycles. The monoisotopic (exact) mass is 167 g/mol. The fourth-order valence-corrected chi connectivity index (χ4v) is 2.31. The maximum absolute atomic E-state index is 5.78. The minimum Gasteiger partial charge on any atom is -0.377 e. The summed E-state index contributed by atoms with van der Waals surface area (Å²) in [6.07, 6.45) is 1.07. The molecule has 0 aromatic rings. The van der Waals surface area contributed by atoms with Gasteiger partial charge < -0.3 is 4.74 Å². The molecule has 1 N–H and O–H groups in total. The average Bonchev–Trinajstić information content (AvgIpc) is 2.14. The zero-order chi connectivity index (χ0) is 8.77. The molecule has 0 unspecified atom stereocenters. The van der Waals surface area contributed by atoms with Gasteiger partial charge in [0, 0.05) is 11.9 Å². The summed E-state index contributed by atoms with van der Waals surface area (Å²) in [6, 6.07) is -0.269. The van der Waals surface area contributed by atoms with Gasteiger partial charge >= 0.3 is 0 Å². The molecule has 4 heteroatoms. The minimum absolute atomic E-state index is 0.0220. The summed E-state index contributed by atoms with van der Waals surface area (Å²) in [4.78, 5) is 5.35. The van der Waals surface area contributed by atoms with Crippen molar-refractivity contribution in [3.63, 3.8) is 0 Å². The Morgan fingerprint density at radius 1 is 1.67 bits per heavy atom. The van der Waals surface area contributed by atoms with E-state index in [-0.39, 0.29) is 17.7 Å². The van der Waals surface area contributed by atoms with Crippen LogP contribution in [0, 0.1) is 5.92 Å². The van der Waals surface area contributed by atoms with Crippen molar-refractivity contribution in [2.45, 2.75) is 38.0 Å². The van der Waals surface area contributed by atoms with E-state index >= 15 is 0 Å². The molecule has 0 saturated carbocycles. The largest absolute Gasteiger partial charge is 0.377 e. The van der Waals surface area contributed by atoms with Gasteiger partial charge in [0.25, 0.3) is 0 Å². The van der Waals surface area contributed by atoms with Crippen molar-refractivity contribution in [3.8, 4) is 0 Å². The summed E-state index contributed by atoms with van der Waals surface area (Å²) in [5.74, 6) is 0.425. The highest BCUT2D eigenvalue weighted by Crippen LogP contribution is 2.40. The Hall–Kier alpha value is -0.0551. The molecule has 12 heavy (non-hydrogen) atoms. The highest BCUT2D eigenvalue weighted by molar-refractivity contribution is 6.11. The van der Waals surface area contributed by atoms with Gasteiger partial charge in [0.15, 0.2) is 0 Å². The maximum Gasteiger partial charge on any atom is 0.112 e. The van der Waals surface area contributed by atoms with E-state index in [1.165, 1.54) is 0 Å². The molecule has 2 radical (unpaired) electrons. The van der Waals surface area contributed by atoms with Crippen LogP contribution in [0.4, 0.5) is 0 Å². The fourth-order valence-electron chi connectivity index (χ4n) is 2.31. The van der Waals surface area contributed by atoms with Crippen molar-refractivity contribution < 1.29 is 9.57 Å². The van der Waals surface area contributed by atoms with Crippen LogP contribution in [0.5, 0.6) is 0 Å². The lowest BCUT2D eigenvalue weighted by molar-refractivity contribution is -0.101. The second-order valence-corrected chi connectivity index (χ2v) is 3.81. The second kappa shape index (κ2) is 2.72. The van der Waals surface area contributed by atoms with Crippen molar-refractivity contribution >= 4 is 7.85 Å². The van der Waals surface area contributed by atoms with Crippen LogP contribution in [-0.4, -0.2) is 32.1 Å². The highest BCUT2D eigenvalue weighted by Gasteiger charge is 2.52. The van der Waals surface area contributed by atoms with Gasteiger partial charge in [-0.25, -0.2) is 0 Å². The zero-order valence-corrected chi connectivity index (χ0v) is 7.54. The van der Waals surface area contributed by atoms with E-state index in [0.717, 1.165) is 13.0 Å². The third-order valence-corrected chi connectivity index (χ3v) is 2.99. The van der Waals surface area contributed by atoms with Crippen molar-refractivity contribution in [2.24, 2.45) is 5.92 Å². The summed E-state index contributed by atoms with van der Waals surface area (Å²) in [5.41, 5.74) is 2.75.